The number of methoxy groups -OCH3 is 1. The van der Waals surface area contributed by atoms with Gasteiger partial charge >= 0.3 is 5.97 Å². The fraction of sp³-hybridized carbons (Fsp3) is 0.524. The molecule has 1 aromatic heterocycles. The number of carbonyl (C=O) groups is 1. The number of nitrogens with two attached hydrogens (primary N) is 1. The maximum Gasteiger partial charge on any atom is 0.341 e. The molecule has 6 rings (SSSR count). The largest absolute Gasteiger partial charge is 0.492 e. The summed E-state index contributed by atoms with van der Waals surface area (Å²) in [6.07, 6.45) is 5.27. The smallest absolute Gasteiger partial charge is 0.341 e. The number of carboxylic acids is 1. The van der Waals surface area contributed by atoms with Crippen LogP contribution < -0.4 is 20.8 Å². The van der Waals surface area contributed by atoms with E-state index in [2.05, 4.69) is 0 Å². The summed E-state index contributed by atoms with van der Waals surface area (Å²) >= 11 is 0. The van der Waals surface area contributed by atoms with E-state index in [4.69, 9.17) is 10.5 Å². The van der Waals surface area contributed by atoms with Crippen molar-refractivity contribution < 1.29 is 19.0 Å². The molecule has 1 aromatic carbocycles. The van der Waals surface area contributed by atoms with E-state index in [1.807, 2.05) is 4.90 Å². The van der Waals surface area contributed by atoms with E-state index >= 15 is 4.39 Å². The van der Waals surface area contributed by atoms with Crippen molar-refractivity contribution in [1.29, 1.82) is 0 Å². The van der Waals surface area contributed by atoms with Crippen LogP contribution in [0.4, 0.5) is 10.1 Å². The van der Waals surface area contributed by atoms with Crippen molar-refractivity contribution in [1.82, 2.24) is 4.57 Å². The number of carboxylic acid groups (broad SMARTS) is 1. The van der Waals surface area contributed by atoms with Crippen molar-refractivity contribution >= 4 is 22.6 Å². The lowest BCUT2D eigenvalue weighted by molar-refractivity contribution is 0.0402. The first kappa shape index (κ1) is 18.4. The molecule has 0 amide bonds. The molecule has 4 aliphatic rings. The van der Waals surface area contributed by atoms with E-state index in [1.165, 1.54) is 19.4 Å². The second-order valence-corrected chi connectivity index (χ2v) is 8.81. The molecular weight excluding hydrogens is 377 g/mol. The van der Waals surface area contributed by atoms with Gasteiger partial charge in [0, 0.05) is 30.7 Å². The molecule has 2 aliphatic heterocycles. The van der Waals surface area contributed by atoms with Gasteiger partial charge in [-0.2, -0.15) is 0 Å². The molecule has 3 heterocycles. The van der Waals surface area contributed by atoms with Crippen LogP contribution in [-0.4, -0.2) is 42.4 Å². The Hall–Kier alpha value is -2.61. The van der Waals surface area contributed by atoms with Crippen LogP contribution in [0.3, 0.4) is 0 Å². The fourth-order valence-corrected chi connectivity index (χ4v) is 5.33. The lowest BCUT2D eigenvalue weighted by Gasteiger charge is -2.57. The van der Waals surface area contributed by atoms with Crippen molar-refractivity contribution in [3.63, 3.8) is 0 Å². The Morgan fingerprint density at radius 2 is 2.14 bits per heavy atom. The SMILES string of the molecule is COc1c(N2CC3CC(CN)(C3)C2)c(F)cc2c(=O)c(C(=O)O)cn(C3CC3)c12. The highest BCUT2D eigenvalue weighted by molar-refractivity contribution is 5.97. The summed E-state index contributed by atoms with van der Waals surface area (Å²) in [6, 6.07) is 1.27. The highest BCUT2D eigenvalue weighted by Gasteiger charge is 2.50. The van der Waals surface area contributed by atoms with Crippen LogP contribution in [0.15, 0.2) is 17.1 Å². The molecule has 4 fully saturated rings. The average molecular weight is 401 g/mol. The number of hydrogen-bond acceptors (Lipinski definition) is 5. The highest BCUT2D eigenvalue weighted by Crippen LogP contribution is 2.53. The molecule has 0 spiro atoms. The number of aromatic nitrogens is 1. The maximum atomic E-state index is 15.3. The van der Waals surface area contributed by atoms with E-state index in [0.717, 1.165) is 32.2 Å². The molecule has 8 heteroatoms. The first-order chi connectivity index (χ1) is 13.9. The lowest BCUT2D eigenvalue weighted by Crippen LogP contribution is -2.59. The quantitative estimate of drug-likeness (QED) is 0.798. The fourth-order valence-electron chi connectivity index (χ4n) is 5.33. The second kappa shape index (κ2) is 6.19. The molecule has 0 atom stereocenters. The van der Waals surface area contributed by atoms with Gasteiger partial charge in [-0.05, 0) is 44.2 Å². The Kier molecular flexibility index (Phi) is 3.93. The van der Waals surface area contributed by atoms with Crippen LogP contribution in [0.5, 0.6) is 5.75 Å². The summed E-state index contributed by atoms with van der Waals surface area (Å²) in [5.41, 5.74) is 5.80. The number of nitrogens with zero attached hydrogens (tertiary/aromatic N) is 2. The Morgan fingerprint density at radius 3 is 2.72 bits per heavy atom. The van der Waals surface area contributed by atoms with Gasteiger partial charge in [0.15, 0.2) is 11.6 Å². The monoisotopic (exact) mass is 401 g/mol. The first-order valence-corrected chi connectivity index (χ1v) is 10.0. The third-order valence-electron chi connectivity index (χ3n) is 6.77. The van der Waals surface area contributed by atoms with Gasteiger partial charge in [0.05, 0.1) is 18.0 Å². The Bertz CT molecular complexity index is 1090. The molecule has 2 aromatic rings. The number of halogens is 1. The average Bonchev–Trinajstić information content (AvgIpc) is 3.51. The lowest BCUT2D eigenvalue weighted by atomic mass is 9.58. The van der Waals surface area contributed by atoms with E-state index < -0.39 is 17.2 Å². The number of anilines is 1. The third kappa shape index (κ3) is 2.65. The van der Waals surface area contributed by atoms with E-state index in [0.29, 0.717) is 36.0 Å². The zero-order valence-electron chi connectivity index (χ0n) is 16.3. The van der Waals surface area contributed by atoms with Gasteiger partial charge in [-0.3, -0.25) is 4.79 Å². The van der Waals surface area contributed by atoms with Crippen LogP contribution in [0.1, 0.15) is 42.1 Å². The highest BCUT2D eigenvalue weighted by atomic mass is 19.1. The van der Waals surface area contributed by atoms with E-state index in [-0.39, 0.29) is 22.4 Å². The van der Waals surface area contributed by atoms with Gasteiger partial charge in [0.25, 0.3) is 0 Å². The second-order valence-electron chi connectivity index (χ2n) is 8.81. The van der Waals surface area contributed by atoms with Gasteiger partial charge in [0.1, 0.15) is 11.3 Å². The number of pyridine rings is 1. The van der Waals surface area contributed by atoms with Gasteiger partial charge in [-0.15, -0.1) is 0 Å². The minimum Gasteiger partial charge on any atom is -0.492 e. The zero-order chi connectivity index (χ0) is 20.5. The van der Waals surface area contributed by atoms with Crippen molar-refractivity contribution in [2.45, 2.75) is 31.7 Å². The normalized spacial score (nSPS) is 25.8. The minimum atomic E-state index is -1.31. The summed E-state index contributed by atoms with van der Waals surface area (Å²) < 4.78 is 22.8. The summed E-state index contributed by atoms with van der Waals surface area (Å²) in [5.74, 6) is -1.10. The van der Waals surface area contributed by atoms with Crippen molar-refractivity contribution in [2.75, 3.05) is 31.6 Å². The number of benzene rings is 1. The Labute approximate surface area is 166 Å². The molecule has 29 heavy (non-hydrogen) atoms. The summed E-state index contributed by atoms with van der Waals surface area (Å²) in [5, 5.41) is 9.48. The molecule has 2 saturated heterocycles. The molecule has 154 valence electrons. The first-order valence-electron chi connectivity index (χ1n) is 10.0. The molecule has 3 N–H and O–H groups in total. The Morgan fingerprint density at radius 1 is 1.41 bits per heavy atom. The molecular formula is C21H24FN3O4. The molecule has 2 saturated carbocycles. The molecule has 0 unspecified atom stereocenters. The van der Waals surface area contributed by atoms with E-state index in [9.17, 15) is 14.7 Å². The zero-order valence-corrected chi connectivity index (χ0v) is 16.3. The van der Waals surface area contributed by atoms with Crippen molar-refractivity contribution in [2.24, 2.45) is 17.1 Å². The molecule has 2 aliphatic carbocycles. The maximum absolute atomic E-state index is 15.3. The van der Waals surface area contributed by atoms with Crippen molar-refractivity contribution in [3.05, 3.63) is 33.9 Å². The van der Waals surface area contributed by atoms with Gasteiger partial charge in [-0.1, -0.05) is 0 Å². The molecule has 0 radical (unpaired) electrons. The van der Waals surface area contributed by atoms with Gasteiger partial charge in [-0.25, -0.2) is 9.18 Å². The predicted molar refractivity (Wildman–Crippen MR) is 106 cm³/mol. The minimum absolute atomic E-state index is 0.0125. The van der Waals surface area contributed by atoms with Gasteiger partial charge < -0.3 is 25.0 Å². The summed E-state index contributed by atoms with van der Waals surface area (Å²) in [7, 11) is 1.47. The topological polar surface area (TPSA) is 97.8 Å². The van der Waals surface area contributed by atoms with Crippen LogP contribution >= 0.6 is 0 Å². The molecule has 2 bridgehead atoms. The number of hydrogen-bond donors (Lipinski definition) is 2. The molecule has 7 nitrogen and oxygen atoms in total. The third-order valence-corrected chi connectivity index (χ3v) is 6.77. The Balaban J connectivity index is 1.75. The number of rotatable bonds is 5. The standard InChI is InChI=1S/C21H24FN3O4/c1-29-19-16-13(18(26)14(20(27)28)8-25(16)12-2-3-12)4-15(22)17(19)24-7-11-5-21(6-11,9-23)10-24/h4,8,11-12H,2-3,5-7,9-10,23H2,1H3,(H,27,28). The van der Waals surface area contributed by atoms with Crippen LogP contribution in [0, 0.1) is 17.2 Å². The predicted octanol–water partition coefficient (Wildman–Crippen LogP) is 2.36. The van der Waals surface area contributed by atoms with Crippen LogP contribution in [0.2, 0.25) is 0 Å². The van der Waals surface area contributed by atoms with Gasteiger partial charge in [0.2, 0.25) is 5.43 Å². The van der Waals surface area contributed by atoms with Crippen LogP contribution in [-0.2, 0) is 0 Å². The number of piperidine rings is 2. The summed E-state index contributed by atoms with van der Waals surface area (Å²) in [4.78, 5) is 26.3. The van der Waals surface area contributed by atoms with E-state index in [1.54, 1.807) is 4.57 Å². The van der Waals surface area contributed by atoms with Crippen LogP contribution in [0.25, 0.3) is 10.9 Å². The number of aromatic carboxylic acids is 1. The number of fused-ring (bicyclic) bond motifs is 3. The number of ether oxygens (including phenoxy) is 1. The summed E-state index contributed by atoms with van der Waals surface area (Å²) in [6.45, 7) is 1.94. The van der Waals surface area contributed by atoms with Crippen molar-refractivity contribution in [3.8, 4) is 5.75 Å².